The molecule has 32 heavy (non-hydrogen) atoms. The Bertz CT molecular complexity index is 853. The summed E-state index contributed by atoms with van der Waals surface area (Å²) in [6.45, 7) is 2.52. The number of esters is 2. The molecule has 1 amide bonds. The third-order valence-electron chi connectivity index (χ3n) is 6.25. The van der Waals surface area contributed by atoms with Crippen molar-refractivity contribution in [3.63, 3.8) is 0 Å². The third kappa shape index (κ3) is 4.51. The molecule has 2 N–H and O–H groups in total. The zero-order valence-corrected chi connectivity index (χ0v) is 18.2. The molecule has 9 nitrogen and oxygen atoms in total. The average Bonchev–Trinajstić information content (AvgIpc) is 3.22. The van der Waals surface area contributed by atoms with Gasteiger partial charge < -0.3 is 29.4 Å². The SMILES string of the molecule is CC(=O)N[C@H]1[C@@H](O)[C@H]2OC3(CCCCC3)O[C@H]2[C@H]1OC(=O)[C@H](OC(C)=O)c1ccccc1. The lowest BCUT2D eigenvalue weighted by atomic mass is 9.94. The van der Waals surface area contributed by atoms with Crippen molar-refractivity contribution in [1.82, 2.24) is 5.32 Å². The van der Waals surface area contributed by atoms with Gasteiger partial charge in [0.2, 0.25) is 12.0 Å². The summed E-state index contributed by atoms with van der Waals surface area (Å²) in [5.74, 6) is -2.65. The molecule has 2 saturated carbocycles. The number of aliphatic hydroxyl groups excluding tert-OH is 1. The molecule has 0 bridgehead atoms. The molecule has 0 unspecified atom stereocenters. The van der Waals surface area contributed by atoms with Gasteiger partial charge in [-0.3, -0.25) is 9.59 Å². The van der Waals surface area contributed by atoms with E-state index in [1.165, 1.54) is 13.8 Å². The Balaban J connectivity index is 1.58. The van der Waals surface area contributed by atoms with Crippen LogP contribution in [0, 0.1) is 0 Å². The van der Waals surface area contributed by atoms with Crippen molar-refractivity contribution in [3.05, 3.63) is 35.9 Å². The standard InChI is InChI=1S/C23H29NO8/c1-13(25)24-16-17(27)20-21(32-23(31-20)11-7-4-8-12-23)19(16)30-22(28)18(29-14(2)26)15-9-5-3-6-10-15/h3,5-6,9-10,16-21,27H,4,7-8,11-12H2,1-2H3,(H,24,25)/t16-,17+,18+,19-,20+,21-/m0/s1. The van der Waals surface area contributed by atoms with Crippen LogP contribution in [-0.4, -0.2) is 59.2 Å². The number of aliphatic hydroxyl groups is 1. The van der Waals surface area contributed by atoms with Gasteiger partial charge in [0.15, 0.2) is 11.9 Å². The Kier molecular flexibility index (Phi) is 6.50. The first kappa shape index (κ1) is 22.7. The average molecular weight is 447 g/mol. The van der Waals surface area contributed by atoms with Crippen molar-refractivity contribution >= 4 is 17.8 Å². The zero-order chi connectivity index (χ0) is 22.9. The van der Waals surface area contributed by atoms with E-state index in [2.05, 4.69) is 5.32 Å². The summed E-state index contributed by atoms with van der Waals surface area (Å²) < 4.78 is 23.4. The van der Waals surface area contributed by atoms with E-state index in [1.54, 1.807) is 30.3 Å². The van der Waals surface area contributed by atoms with Gasteiger partial charge >= 0.3 is 11.9 Å². The van der Waals surface area contributed by atoms with Crippen LogP contribution in [-0.2, 0) is 33.3 Å². The van der Waals surface area contributed by atoms with Crippen LogP contribution in [0.25, 0.3) is 0 Å². The number of rotatable bonds is 5. The molecule has 3 fully saturated rings. The highest BCUT2D eigenvalue weighted by Crippen LogP contribution is 2.46. The lowest BCUT2D eigenvalue weighted by molar-refractivity contribution is -0.220. The second-order valence-electron chi connectivity index (χ2n) is 8.65. The van der Waals surface area contributed by atoms with E-state index in [0.717, 1.165) is 19.3 Å². The van der Waals surface area contributed by atoms with Crippen LogP contribution in [0.1, 0.15) is 57.6 Å². The Morgan fingerprint density at radius 3 is 2.34 bits per heavy atom. The van der Waals surface area contributed by atoms with Gasteiger partial charge in [-0.25, -0.2) is 4.79 Å². The molecule has 6 atom stereocenters. The predicted octanol–water partition coefficient (Wildman–Crippen LogP) is 1.53. The van der Waals surface area contributed by atoms with Crippen molar-refractivity contribution in [2.45, 2.75) is 88.3 Å². The van der Waals surface area contributed by atoms with Crippen molar-refractivity contribution in [2.24, 2.45) is 0 Å². The first-order valence-electron chi connectivity index (χ1n) is 11.0. The van der Waals surface area contributed by atoms with Crippen molar-refractivity contribution in [3.8, 4) is 0 Å². The smallest absolute Gasteiger partial charge is 0.352 e. The molecule has 1 saturated heterocycles. The van der Waals surface area contributed by atoms with E-state index in [1.807, 2.05) is 0 Å². The topological polar surface area (TPSA) is 120 Å². The van der Waals surface area contributed by atoms with Gasteiger partial charge in [-0.15, -0.1) is 0 Å². The van der Waals surface area contributed by atoms with E-state index in [9.17, 15) is 19.5 Å². The molecule has 1 heterocycles. The number of carbonyl (C=O) groups excluding carboxylic acids is 3. The highest BCUT2D eigenvalue weighted by Gasteiger charge is 2.63. The summed E-state index contributed by atoms with van der Waals surface area (Å²) in [6.07, 6.45) is -0.550. The number of ether oxygens (including phenoxy) is 4. The molecule has 9 heteroatoms. The minimum absolute atomic E-state index is 0.387. The summed E-state index contributed by atoms with van der Waals surface area (Å²) in [6, 6.07) is 7.60. The number of fused-ring (bicyclic) bond motifs is 1. The monoisotopic (exact) mass is 447 g/mol. The molecule has 1 aromatic rings. The molecule has 2 aliphatic carbocycles. The lowest BCUT2D eigenvalue weighted by Crippen LogP contribution is -2.51. The van der Waals surface area contributed by atoms with Crippen molar-refractivity contribution < 1.29 is 38.4 Å². The van der Waals surface area contributed by atoms with E-state index in [-0.39, 0.29) is 5.91 Å². The number of nitrogens with one attached hydrogen (secondary N) is 1. The third-order valence-corrected chi connectivity index (χ3v) is 6.25. The molecule has 1 aliphatic heterocycles. The second-order valence-corrected chi connectivity index (χ2v) is 8.65. The molecular formula is C23H29NO8. The first-order valence-corrected chi connectivity index (χ1v) is 11.0. The molecule has 0 aromatic heterocycles. The van der Waals surface area contributed by atoms with Gasteiger partial charge in [0.05, 0.1) is 6.04 Å². The number of benzene rings is 1. The van der Waals surface area contributed by atoms with Crippen LogP contribution in [0.3, 0.4) is 0 Å². The van der Waals surface area contributed by atoms with Crippen LogP contribution < -0.4 is 5.32 Å². The molecule has 3 aliphatic rings. The maximum Gasteiger partial charge on any atom is 0.352 e. The van der Waals surface area contributed by atoms with E-state index in [4.69, 9.17) is 18.9 Å². The normalized spacial score (nSPS) is 31.5. The number of hydrogen-bond donors (Lipinski definition) is 2. The maximum absolute atomic E-state index is 13.1. The largest absolute Gasteiger partial charge is 0.454 e. The van der Waals surface area contributed by atoms with Crippen molar-refractivity contribution in [2.75, 3.05) is 0 Å². The second kappa shape index (κ2) is 9.17. The Labute approximate surface area is 186 Å². The van der Waals surface area contributed by atoms with Gasteiger partial charge in [-0.1, -0.05) is 36.8 Å². The Morgan fingerprint density at radius 2 is 1.72 bits per heavy atom. The van der Waals surface area contributed by atoms with Crippen LogP contribution in [0.4, 0.5) is 0 Å². The Morgan fingerprint density at radius 1 is 1.06 bits per heavy atom. The fourth-order valence-corrected chi connectivity index (χ4v) is 4.89. The first-order chi connectivity index (χ1) is 15.3. The van der Waals surface area contributed by atoms with Crippen LogP contribution in [0.5, 0.6) is 0 Å². The maximum atomic E-state index is 13.1. The van der Waals surface area contributed by atoms with Gasteiger partial charge in [0.1, 0.15) is 18.3 Å². The summed E-state index contributed by atoms with van der Waals surface area (Å²) in [7, 11) is 0. The van der Waals surface area contributed by atoms with Crippen LogP contribution in [0.2, 0.25) is 0 Å². The van der Waals surface area contributed by atoms with Crippen LogP contribution in [0.15, 0.2) is 30.3 Å². The Hall–Kier alpha value is -2.49. The lowest BCUT2D eigenvalue weighted by Gasteiger charge is -2.35. The van der Waals surface area contributed by atoms with Gasteiger partial charge in [0.25, 0.3) is 0 Å². The summed E-state index contributed by atoms with van der Waals surface area (Å²) >= 11 is 0. The van der Waals surface area contributed by atoms with Crippen molar-refractivity contribution in [1.29, 1.82) is 0 Å². The summed E-state index contributed by atoms with van der Waals surface area (Å²) in [4.78, 5) is 36.6. The molecular weight excluding hydrogens is 418 g/mol. The highest BCUT2D eigenvalue weighted by atomic mass is 16.8. The summed E-state index contributed by atoms with van der Waals surface area (Å²) in [5.41, 5.74) is 0.450. The van der Waals surface area contributed by atoms with Gasteiger partial charge in [0, 0.05) is 32.3 Å². The molecule has 0 radical (unpaired) electrons. The molecule has 174 valence electrons. The highest BCUT2D eigenvalue weighted by molar-refractivity contribution is 5.80. The molecule has 1 aromatic carbocycles. The summed E-state index contributed by atoms with van der Waals surface area (Å²) in [5, 5.41) is 13.6. The fraction of sp³-hybridized carbons (Fsp3) is 0.609. The predicted molar refractivity (Wildman–Crippen MR) is 110 cm³/mol. The number of carbonyl (C=O) groups is 3. The van der Waals surface area contributed by atoms with E-state index in [0.29, 0.717) is 18.4 Å². The van der Waals surface area contributed by atoms with Crippen LogP contribution >= 0.6 is 0 Å². The number of hydrogen-bond acceptors (Lipinski definition) is 8. The minimum Gasteiger partial charge on any atom is -0.454 e. The molecule has 1 spiro atoms. The van der Waals surface area contributed by atoms with Gasteiger partial charge in [-0.2, -0.15) is 0 Å². The van der Waals surface area contributed by atoms with Gasteiger partial charge in [-0.05, 0) is 12.8 Å². The van der Waals surface area contributed by atoms with E-state index < -0.39 is 54.3 Å². The zero-order valence-electron chi connectivity index (χ0n) is 18.2. The number of amides is 1. The fourth-order valence-electron chi connectivity index (χ4n) is 4.89. The quantitative estimate of drug-likeness (QED) is 0.652. The molecule has 4 rings (SSSR count). The minimum atomic E-state index is -1.28. The van der Waals surface area contributed by atoms with E-state index >= 15 is 0 Å².